The quantitative estimate of drug-likeness (QED) is 0.0926. The predicted octanol–water partition coefficient (Wildman–Crippen LogP) is 0.846. The van der Waals surface area contributed by atoms with Crippen molar-refractivity contribution in [2.45, 2.75) is 13.3 Å². The Bertz CT molecular complexity index is 1040. The molecular formula is C22H35N9O5. The highest BCUT2D eigenvalue weighted by Gasteiger charge is 2.19. The lowest BCUT2D eigenvalue weighted by atomic mass is 10.0. The van der Waals surface area contributed by atoms with E-state index in [1.165, 1.54) is 17.3 Å². The maximum atomic E-state index is 11.7. The second kappa shape index (κ2) is 14.6. The van der Waals surface area contributed by atoms with Gasteiger partial charge in [0.25, 0.3) is 5.69 Å². The lowest BCUT2D eigenvalue weighted by Gasteiger charge is -2.16. The number of methoxy groups -OCH3 is 1. The maximum Gasteiger partial charge on any atom is 0.292 e. The molecule has 0 saturated carbocycles. The van der Waals surface area contributed by atoms with Crippen LogP contribution in [0, 0.1) is 10.1 Å². The van der Waals surface area contributed by atoms with Crippen molar-refractivity contribution < 1.29 is 19.1 Å². The molecule has 0 bridgehead atoms. The van der Waals surface area contributed by atoms with E-state index in [0.717, 1.165) is 0 Å². The lowest BCUT2D eigenvalue weighted by Crippen LogP contribution is -2.31. The number of nitrogen functional groups attached to an aromatic ring is 2. The molecule has 0 aliphatic rings. The lowest BCUT2D eigenvalue weighted by molar-refractivity contribution is -0.383. The van der Waals surface area contributed by atoms with E-state index in [1.807, 2.05) is 6.92 Å². The van der Waals surface area contributed by atoms with Gasteiger partial charge in [0.15, 0.2) is 0 Å². The third-order valence-corrected chi connectivity index (χ3v) is 4.96. The second-order valence-corrected chi connectivity index (χ2v) is 7.64. The Hall–Kier alpha value is -3.72. The number of aryl methyl sites for hydroxylation is 1. The molecule has 14 heteroatoms. The summed E-state index contributed by atoms with van der Waals surface area (Å²) in [6.07, 6.45) is 2.07. The highest BCUT2D eigenvalue weighted by atomic mass is 16.6. The monoisotopic (exact) mass is 505 g/mol. The molecule has 0 radical (unpaired) electrons. The second-order valence-electron chi connectivity index (χ2n) is 7.64. The number of nitro benzene ring substituents is 1. The zero-order valence-corrected chi connectivity index (χ0v) is 20.6. The first-order chi connectivity index (χ1) is 17.3. The highest BCUT2D eigenvalue weighted by Crippen LogP contribution is 2.34. The van der Waals surface area contributed by atoms with E-state index in [9.17, 15) is 10.1 Å². The number of nitrogens with one attached hydrogen (secondary N) is 1. The van der Waals surface area contributed by atoms with Gasteiger partial charge >= 0.3 is 0 Å². The molecule has 0 saturated heterocycles. The molecule has 0 aliphatic heterocycles. The number of ether oxygens (including phenoxy) is 3. The van der Waals surface area contributed by atoms with E-state index in [0.29, 0.717) is 68.5 Å². The number of anilines is 3. The van der Waals surface area contributed by atoms with Gasteiger partial charge in [-0.3, -0.25) is 10.1 Å². The fourth-order valence-corrected chi connectivity index (χ4v) is 3.26. The summed E-state index contributed by atoms with van der Waals surface area (Å²) in [6, 6.07) is 4.70. The fourth-order valence-electron chi connectivity index (χ4n) is 3.26. The third kappa shape index (κ3) is 8.81. The van der Waals surface area contributed by atoms with Crippen molar-refractivity contribution in [1.29, 1.82) is 0 Å². The number of aromatic nitrogens is 2. The van der Waals surface area contributed by atoms with Gasteiger partial charge in [-0.15, -0.1) is 0 Å². The Morgan fingerprint density at radius 1 is 1.17 bits per heavy atom. The Morgan fingerprint density at radius 2 is 1.86 bits per heavy atom. The highest BCUT2D eigenvalue weighted by molar-refractivity contribution is 5.81. The summed E-state index contributed by atoms with van der Waals surface area (Å²) >= 11 is 0. The summed E-state index contributed by atoms with van der Waals surface area (Å²) in [5, 5.41) is 16.1. The van der Waals surface area contributed by atoms with Crippen LogP contribution in [0.5, 0.6) is 0 Å². The number of nitrogens with two attached hydrogens (primary N) is 4. The van der Waals surface area contributed by atoms with E-state index in [1.54, 1.807) is 19.2 Å². The topological polar surface area (TPSA) is 216 Å². The van der Waals surface area contributed by atoms with Gasteiger partial charge in [0.2, 0.25) is 5.95 Å². The van der Waals surface area contributed by atoms with Gasteiger partial charge in [-0.1, -0.05) is 13.0 Å². The minimum atomic E-state index is -0.489. The normalized spacial score (nSPS) is 11.5. The van der Waals surface area contributed by atoms with Crippen LogP contribution in [0.1, 0.15) is 12.6 Å². The van der Waals surface area contributed by atoms with Crippen molar-refractivity contribution in [3.8, 4) is 11.1 Å². The zero-order chi connectivity index (χ0) is 26.5. The number of hydrazine groups is 1. The van der Waals surface area contributed by atoms with Gasteiger partial charge in [-0.05, 0) is 18.1 Å². The van der Waals surface area contributed by atoms with Gasteiger partial charge in [-0.2, -0.15) is 4.98 Å². The van der Waals surface area contributed by atoms with E-state index < -0.39 is 4.92 Å². The summed E-state index contributed by atoms with van der Waals surface area (Å²) in [7, 11) is 1.61. The van der Waals surface area contributed by atoms with E-state index >= 15 is 0 Å². The van der Waals surface area contributed by atoms with Gasteiger partial charge in [0, 0.05) is 30.6 Å². The molecule has 1 aromatic heterocycles. The minimum absolute atomic E-state index is 0.0515. The molecule has 14 nitrogen and oxygen atoms in total. The van der Waals surface area contributed by atoms with Gasteiger partial charge in [0.05, 0.1) is 56.7 Å². The molecule has 1 aromatic carbocycles. The largest absolute Gasteiger partial charge is 0.399 e. The van der Waals surface area contributed by atoms with Crippen molar-refractivity contribution in [2.24, 2.45) is 11.6 Å². The number of rotatable bonds is 16. The summed E-state index contributed by atoms with van der Waals surface area (Å²) in [5.41, 5.74) is 19.9. The molecule has 1 heterocycles. The first-order valence-electron chi connectivity index (χ1n) is 11.3. The minimum Gasteiger partial charge on any atom is -0.399 e. The van der Waals surface area contributed by atoms with Gasteiger partial charge in [0.1, 0.15) is 11.5 Å². The van der Waals surface area contributed by atoms with Crippen LogP contribution in [-0.2, 0) is 20.6 Å². The number of nitrogens with zero attached hydrogens (tertiary/aromatic N) is 4. The summed E-state index contributed by atoms with van der Waals surface area (Å²) in [6.45, 7) is 4.75. The van der Waals surface area contributed by atoms with Crippen LogP contribution >= 0.6 is 0 Å². The third-order valence-electron chi connectivity index (χ3n) is 4.96. The van der Waals surface area contributed by atoms with Crippen LogP contribution in [0.25, 0.3) is 11.1 Å². The van der Waals surface area contributed by atoms with Crippen LogP contribution < -0.4 is 28.4 Å². The van der Waals surface area contributed by atoms with E-state index in [4.69, 9.17) is 37.3 Å². The first-order valence-corrected chi connectivity index (χ1v) is 11.3. The molecule has 0 aliphatic carbocycles. The van der Waals surface area contributed by atoms with Crippen molar-refractivity contribution in [1.82, 2.24) is 15.0 Å². The van der Waals surface area contributed by atoms with Crippen LogP contribution in [0.3, 0.4) is 0 Å². The molecule has 2 rings (SSSR count). The summed E-state index contributed by atoms with van der Waals surface area (Å²) < 4.78 is 15.6. The Balaban J connectivity index is 1.97. The summed E-state index contributed by atoms with van der Waals surface area (Å²) in [4.78, 5) is 19.4. The van der Waals surface area contributed by atoms with E-state index in [-0.39, 0.29) is 29.7 Å². The summed E-state index contributed by atoms with van der Waals surface area (Å²) in [5.74, 6) is 6.13. The predicted molar refractivity (Wildman–Crippen MR) is 137 cm³/mol. The molecule has 0 unspecified atom stereocenters. The standard InChI is InChI=1S/C22H35N9O5/c1-3-17-20(21(24)29-22(25)28-17)15-4-5-18(19(12-15)31(32)33)27-13-16(23)14-30(26)6-7-35-10-11-36-9-8-34-2/h4-5,12,14,27H,3,6-11,13,23,26H2,1-2H3,(H4,24,25,28,29)/b16-14-. The van der Waals surface area contributed by atoms with Gasteiger partial charge in [-0.25, -0.2) is 10.8 Å². The van der Waals surface area contributed by atoms with Crippen LogP contribution in [0.15, 0.2) is 30.1 Å². The molecule has 0 fully saturated rings. The zero-order valence-electron chi connectivity index (χ0n) is 20.6. The average molecular weight is 506 g/mol. The number of hydrogen-bond donors (Lipinski definition) is 5. The Kier molecular flexibility index (Phi) is 11.6. The molecule has 0 spiro atoms. The van der Waals surface area contributed by atoms with Gasteiger partial charge < -0.3 is 41.7 Å². The van der Waals surface area contributed by atoms with Crippen molar-refractivity contribution >= 4 is 23.1 Å². The molecular weight excluding hydrogens is 470 g/mol. The maximum absolute atomic E-state index is 11.7. The Labute approximate surface area is 209 Å². The van der Waals surface area contributed by atoms with Crippen molar-refractivity contribution in [3.63, 3.8) is 0 Å². The smallest absolute Gasteiger partial charge is 0.292 e. The molecule has 0 atom stereocenters. The number of hydrogen-bond acceptors (Lipinski definition) is 13. The number of nitro groups is 1. The fraction of sp³-hybridized carbons (Fsp3) is 0.455. The molecule has 9 N–H and O–H groups in total. The Morgan fingerprint density at radius 3 is 2.53 bits per heavy atom. The molecule has 198 valence electrons. The molecule has 2 aromatic rings. The SMILES string of the molecule is CCc1nc(N)nc(N)c1-c1ccc(NC/C(N)=C/N(N)CCOCCOCCOC)c([N+](=O)[O-])c1. The average Bonchev–Trinajstić information content (AvgIpc) is 2.83. The number of benzene rings is 1. The van der Waals surface area contributed by atoms with Crippen LogP contribution in [-0.4, -0.2) is 73.1 Å². The van der Waals surface area contributed by atoms with Crippen LogP contribution in [0.2, 0.25) is 0 Å². The van der Waals surface area contributed by atoms with Crippen molar-refractivity contribution in [3.05, 3.63) is 45.9 Å². The molecule has 0 amide bonds. The van der Waals surface area contributed by atoms with Crippen molar-refractivity contribution in [2.75, 3.05) is 70.0 Å². The molecule has 36 heavy (non-hydrogen) atoms. The first kappa shape index (κ1) is 28.5. The van der Waals surface area contributed by atoms with E-state index in [2.05, 4.69) is 15.3 Å². The van der Waals surface area contributed by atoms with Crippen LogP contribution in [0.4, 0.5) is 23.1 Å².